The lowest BCUT2D eigenvalue weighted by atomic mass is 10.0. The molecule has 0 radical (unpaired) electrons. The van der Waals surface area contributed by atoms with E-state index in [9.17, 15) is 22.0 Å². The van der Waals surface area contributed by atoms with Gasteiger partial charge in [-0.05, 0) is 30.3 Å². The Balaban J connectivity index is 1.89. The normalized spacial score (nSPS) is 11.6. The molecule has 6 nitrogen and oxygen atoms in total. The molecule has 0 fully saturated rings. The number of carbonyl (C=O) groups is 1. The summed E-state index contributed by atoms with van der Waals surface area (Å²) in [4.78, 5) is 12.1. The molecule has 0 aliphatic carbocycles. The summed E-state index contributed by atoms with van der Waals surface area (Å²) in [5.74, 6) is -2.69. The van der Waals surface area contributed by atoms with E-state index in [0.29, 0.717) is 15.9 Å². The van der Waals surface area contributed by atoms with Gasteiger partial charge in [-0.15, -0.1) is 0 Å². The van der Waals surface area contributed by atoms with E-state index in [1.54, 1.807) is 41.1 Å². The Labute approximate surface area is 203 Å². The zero-order valence-electron chi connectivity index (χ0n) is 17.4. The largest absolute Gasteiger partial charge is 0.268 e. The Bertz CT molecular complexity index is 1600. The van der Waals surface area contributed by atoms with Crippen LogP contribution >= 0.6 is 23.2 Å². The molecule has 0 unspecified atom stereocenters. The second-order valence-electron chi connectivity index (χ2n) is 7.37. The predicted molar refractivity (Wildman–Crippen MR) is 128 cm³/mol. The van der Waals surface area contributed by atoms with Gasteiger partial charge < -0.3 is 0 Å². The minimum Gasteiger partial charge on any atom is -0.268 e. The number of nitrogens with one attached hydrogen (secondary N) is 1. The Morgan fingerprint density at radius 2 is 1.74 bits per heavy atom. The second kappa shape index (κ2) is 8.83. The zero-order valence-corrected chi connectivity index (χ0v) is 19.8. The highest BCUT2D eigenvalue weighted by atomic mass is 35.5. The molecular weight excluding hydrogens is 507 g/mol. The maximum atomic E-state index is 14.8. The van der Waals surface area contributed by atoms with Crippen LogP contribution in [0.3, 0.4) is 0 Å². The maximum Gasteiger partial charge on any atom is 0.267 e. The fourth-order valence-corrected chi connectivity index (χ4v) is 4.29. The molecule has 3 aromatic carbocycles. The van der Waals surface area contributed by atoms with Crippen molar-refractivity contribution in [3.8, 4) is 5.69 Å². The quantitative estimate of drug-likeness (QED) is 0.383. The standard InChI is InChI=1S/C23H15Cl2F2N3O3S/c1-12(14-5-3-4-6-18(14)26)22-16-9-13(24)7-8-20(16)30(28-22)21-11-19(27)15(10-17(21)25)23(31)29-34(2,32)33/h3-11H,1H2,2H3,(H,29,31). The Morgan fingerprint density at radius 3 is 2.41 bits per heavy atom. The SMILES string of the molecule is C=C(c1ccccc1F)c1nn(-c2cc(F)c(C(=O)NS(C)(=O)=O)cc2Cl)c2ccc(Cl)cc12. The summed E-state index contributed by atoms with van der Waals surface area (Å²) in [6.45, 7) is 3.98. The van der Waals surface area contributed by atoms with Gasteiger partial charge in [-0.25, -0.2) is 26.6 Å². The van der Waals surface area contributed by atoms with Crippen LogP contribution in [0.4, 0.5) is 8.78 Å². The van der Waals surface area contributed by atoms with Gasteiger partial charge in [-0.1, -0.05) is 48.0 Å². The molecular formula is C23H15Cl2F2N3O3S. The summed E-state index contributed by atoms with van der Waals surface area (Å²) in [6.07, 6.45) is 0.768. The van der Waals surface area contributed by atoms with Gasteiger partial charge in [0.2, 0.25) is 10.0 Å². The van der Waals surface area contributed by atoms with Gasteiger partial charge in [-0.3, -0.25) is 4.79 Å². The number of halogens is 4. The first-order valence-electron chi connectivity index (χ1n) is 9.60. The van der Waals surface area contributed by atoms with E-state index in [4.69, 9.17) is 23.2 Å². The van der Waals surface area contributed by atoms with E-state index in [1.807, 2.05) is 0 Å². The van der Waals surface area contributed by atoms with Gasteiger partial charge >= 0.3 is 0 Å². The van der Waals surface area contributed by atoms with Gasteiger partial charge in [0.25, 0.3) is 5.91 Å². The lowest BCUT2D eigenvalue weighted by Gasteiger charge is -2.10. The van der Waals surface area contributed by atoms with Crippen LogP contribution in [0.1, 0.15) is 21.6 Å². The van der Waals surface area contributed by atoms with Crippen LogP contribution in [-0.4, -0.2) is 30.4 Å². The molecule has 4 aromatic rings. The van der Waals surface area contributed by atoms with E-state index in [-0.39, 0.29) is 27.5 Å². The van der Waals surface area contributed by atoms with E-state index in [0.717, 1.165) is 18.4 Å². The number of carbonyl (C=O) groups excluding carboxylic acids is 1. The van der Waals surface area contributed by atoms with Crippen LogP contribution in [0.15, 0.2) is 61.2 Å². The van der Waals surface area contributed by atoms with Crippen molar-refractivity contribution in [1.29, 1.82) is 0 Å². The fraction of sp³-hybridized carbons (Fsp3) is 0.0435. The van der Waals surface area contributed by atoms with Crippen molar-refractivity contribution in [3.05, 3.63) is 99.7 Å². The van der Waals surface area contributed by atoms with Gasteiger partial charge in [0, 0.05) is 27.6 Å². The molecule has 0 aliphatic heterocycles. The summed E-state index contributed by atoms with van der Waals surface area (Å²) >= 11 is 12.5. The van der Waals surface area contributed by atoms with Crippen molar-refractivity contribution in [2.75, 3.05) is 6.26 Å². The van der Waals surface area contributed by atoms with Gasteiger partial charge in [0.1, 0.15) is 17.3 Å². The van der Waals surface area contributed by atoms with E-state index in [2.05, 4.69) is 11.7 Å². The number of amides is 1. The average Bonchev–Trinajstić information content (AvgIpc) is 3.12. The number of aromatic nitrogens is 2. The maximum absolute atomic E-state index is 14.8. The first-order chi connectivity index (χ1) is 16.0. The summed E-state index contributed by atoms with van der Waals surface area (Å²) in [7, 11) is -3.91. The van der Waals surface area contributed by atoms with Crippen LogP contribution in [-0.2, 0) is 10.0 Å². The summed E-state index contributed by atoms with van der Waals surface area (Å²) < 4.78 is 54.9. The molecule has 0 spiro atoms. The van der Waals surface area contributed by atoms with Crippen molar-refractivity contribution >= 4 is 55.6 Å². The minimum absolute atomic E-state index is 0.0648. The number of fused-ring (bicyclic) bond motifs is 1. The van der Waals surface area contributed by atoms with E-state index < -0.39 is 33.1 Å². The van der Waals surface area contributed by atoms with E-state index >= 15 is 0 Å². The summed E-state index contributed by atoms with van der Waals surface area (Å²) in [6, 6.07) is 12.8. The predicted octanol–water partition coefficient (Wildman–Crippen LogP) is 5.36. The zero-order chi connectivity index (χ0) is 24.8. The van der Waals surface area contributed by atoms with Crippen molar-refractivity contribution < 1.29 is 22.0 Å². The highest BCUT2D eigenvalue weighted by Crippen LogP contribution is 2.34. The molecule has 1 aromatic heterocycles. The Hall–Kier alpha value is -3.27. The molecule has 0 saturated heterocycles. The Kier molecular flexibility index (Phi) is 6.20. The van der Waals surface area contributed by atoms with Gasteiger partial charge in [0.05, 0.1) is 28.0 Å². The van der Waals surface area contributed by atoms with Crippen molar-refractivity contribution in [2.45, 2.75) is 0 Å². The molecule has 0 saturated carbocycles. The fourth-order valence-electron chi connectivity index (χ4n) is 3.43. The molecule has 0 atom stereocenters. The molecule has 34 heavy (non-hydrogen) atoms. The van der Waals surface area contributed by atoms with Crippen LogP contribution in [0.5, 0.6) is 0 Å². The molecule has 4 rings (SSSR count). The van der Waals surface area contributed by atoms with Crippen LogP contribution in [0.25, 0.3) is 22.2 Å². The summed E-state index contributed by atoms with van der Waals surface area (Å²) in [5, 5.41) is 5.32. The molecule has 174 valence electrons. The van der Waals surface area contributed by atoms with Crippen LogP contribution in [0.2, 0.25) is 10.0 Å². The lowest BCUT2D eigenvalue weighted by Crippen LogP contribution is -2.30. The highest BCUT2D eigenvalue weighted by molar-refractivity contribution is 7.89. The topological polar surface area (TPSA) is 81.1 Å². The first kappa shape index (κ1) is 23.9. The highest BCUT2D eigenvalue weighted by Gasteiger charge is 2.22. The van der Waals surface area contributed by atoms with Crippen LogP contribution in [0, 0.1) is 11.6 Å². The third-order valence-electron chi connectivity index (χ3n) is 4.91. The number of benzene rings is 3. The number of rotatable bonds is 5. The second-order valence-corrected chi connectivity index (χ2v) is 9.96. The third-order valence-corrected chi connectivity index (χ3v) is 6.01. The average molecular weight is 522 g/mol. The van der Waals surface area contributed by atoms with E-state index in [1.165, 1.54) is 10.7 Å². The summed E-state index contributed by atoms with van der Waals surface area (Å²) in [5.41, 5.74) is 0.748. The number of hydrogen-bond acceptors (Lipinski definition) is 4. The monoisotopic (exact) mass is 521 g/mol. The lowest BCUT2D eigenvalue weighted by molar-refractivity contribution is 0.0978. The Morgan fingerprint density at radius 1 is 1.03 bits per heavy atom. The smallest absolute Gasteiger partial charge is 0.267 e. The molecule has 0 aliphatic rings. The minimum atomic E-state index is -3.91. The molecule has 11 heteroatoms. The molecule has 1 N–H and O–H groups in total. The molecule has 1 heterocycles. The molecule has 0 bridgehead atoms. The number of hydrogen-bond donors (Lipinski definition) is 1. The third kappa shape index (κ3) is 4.54. The number of sulfonamides is 1. The number of nitrogens with zero attached hydrogens (tertiary/aromatic N) is 2. The van der Waals surface area contributed by atoms with Crippen molar-refractivity contribution in [1.82, 2.24) is 14.5 Å². The van der Waals surface area contributed by atoms with Gasteiger partial charge in [-0.2, -0.15) is 5.10 Å². The van der Waals surface area contributed by atoms with Gasteiger partial charge in [0.15, 0.2) is 0 Å². The van der Waals surface area contributed by atoms with Crippen LogP contribution < -0.4 is 4.72 Å². The van der Waals surface area contributed by atoms with Crippen molar-refractivity contribution in [3.63, 3.8) is 0 Å². The van der Waals surface area contributed by atoms with Crippen molar-refractivity contribution in [2.24, 2.45) is 0 Å². The first-order valence-corrected chi connectivity index (χ1v) is 12.2. The molecule has 1 amide bonds.